The van der Waals surface area contributed by atoms with Gasteiger partial charge in [-0.3, -0.25) is 9.59 Å². The van der Waals surface area contributed by atoms with Crippen LogP contribution >= 0.6 is 0 Å². The Hall–Kier alpha value is -4.39. The molecule has 0 atom stereocenters. The lowest BCUT2D eigenvalue weighted by Gasteiger charge is -2.07. The third-order valence-corrected chi connectivity index (χ3v) is 4.73. The molecule has 2 aromatic carbocycles. The molecule has 0 fully saturated rings. The number of hydrogen-bond acceptors (Lipinski definition) is 4. The van der Waals surface area contributed by atoms with E-state index in [-0.39, 0.29) is 11.8 Å². The average molecular weight is 426 g/mol. The summed E-state index contributed by atoms with van der Waals surface area (Å²) in [7, 11) is 1.58. The van der Waals surface area contributed by atoms with Crippen LogP contribution in [0, 0.1) is 0 Å². The molecule has 4 aromatic rings. The Morgan fingerprint density at radius 2 is 1.91 bits per heavy atom. The number of hydrogen-bond donors (Lipinski definition) is 2. The highest BCUT2D eigenvalue weighted by Gasteiger charge is 2.05. The Balaban J connectivity index is 1.34. The van der Waals surface area contributed by atoms with Crippen LogP contribution in [0.15, 0.2) is 85.2 Å². The molecule has 0 saturated carbocycles. The van der Waals surface area contributed by atoms with Gasteiger partial charge in [-0.05, 0) is 48.0 Å². The second kappa shape index (κ2) is 9.61. The molecule has 0 bridgehead atoms. The zero-order chi connectivity index (χ0) is 22.3. The highest BCUT2D eigenvalue weighted by atomic mass is 16.5. The molecule has 0 radical (unpaired) electrons. The first-order valence-electron chi connectivity index (χ1n) is 10.1. The number of anilines is 1. The maximum Gasteiger partial charge on any atom is 0.251 e. The quantitative estimate of drug-likeness (QED) is 0.439. The summed E-state index contributed by atoms with van der Waals surface area (Å²) in [5.74, 6) is 0.216. The molecule has 4 rings (SSSR count). The summed E-state index contributed by atoms with van der Waals surface area (Å²) in [5.41, 5.74) is 3.69. The number of amides is 2. The fraction of sp³-hybridized carbons (Fsp3) is 0.0800. The molecular formula is C25H22N4O3. The van der Waals surface area contributed by atoms with Gasteiger partial charge in [0.2, 0.25) is 5.91 Å². The normalized spacial score (nSPS) is 10.9. The van der Waals surface area contributed by atoms with Crippen LogP contribution in [0.3, 0.4) is 0 Å². The molecule has 2 amide bonds. The smallest absolute Gasteiger partial charge is 0.251 e. The van der Waals surface area contributed by atoms with E-state index < -0.39 is 0 Å². The average Bonchev–Trinajstić information content (AvgIpc) is 3.25. The van der Waals surface area contributed by atoms with Gasteiger partial charge in [-0.2, -0.15) is 0 Å². The lowest BCUT2D eigenvalue weighted by molar-refractivity contribution is -0.111. The topological polar surface area (TPSA) is 84.7 Å². The molecule has 160 valence electrons. The monoisotopic (exact) mass is 426 g/mol. The van der Waals surface area contributed by atoms with Crippen LogP contribution in [-0.2, 0) is 11.4 Å². The van der Waals surface area contributed by atoms with E-state index in [2.05, 4.69) is 15.6 Å². The molecule has 2 aromatic heterocycles. The van der Waals surface area contributed by atoms with Crippen molar-refractivity contribution in [2.45, 2.75) is 6.61 Å². The molecule has 2 N–H and O–H groups in total. The lowest BCUT2D eigenvalue weighted by atomic mass is 10.1. The standard InChI is InChI=1S/C25H22N4O3/c1-26-25(31)19-11-8-18(9-12-19)10-13-24(30)28-20-5-4-6-22(15-20)32-17-21-16-29-14-3-2-7-23(29)27-21/h2-16H,17H2,1H3,(H,26,31)(H,28,30)/b13-10+. The summed E-state index contributed by atoms with van der Waals surface area (Å²) in [6, 6.07) is 20.0. The van der Waals surface area contributed by atoms with E-state index in [0.29, 0.717) is 23.6 Å². The van der Waals surface area contributed by atoms with E-state index in [0.717, 1.165) is 16.9 Å². The molecule has 7 nitrogen and oxygen atoms in total. The Labute approximate surface area is 185 Å². The fourth-order valence-corrected chi connectivity index (χ4v) is 3.12. The van der Waals surface area contributed by atoms with Crippen LogP contribution in [-0.4, -0.2) is 28.2 Å². The van der Waals surface area contributed by atoms with Crippen LogP contribution in [0.4, 0.5) is 5.69 Å². The third kappa shape index (κ3) is 5.20. The van der Waals surface area contributed by atoms with Gasteiger partial charge in [-0.25, -0.2) is 4.98 Å². The van der Waals surface area contributed by atoms with Gasteiger partial charge >= 0.3 is 0 Å². The maximum absolute atomic E-state index is 12.3. The number of rotatable bonds is 7. The number of carbonyl (C=O) groups is 2. The number of imidazole rings is 1. The minimum Gasteiger partial charge on any atom is -0.487 e. The van der Waals surface area contributed by atoms with E-state index in [1.54, 1.807) is 49.5 Å². The summed E-state index contributed by atoms with van der Waals surface area (Å²) >= 11 is 0. The highest BCUT2D eigenvalue weighted by Crippen LogP contribution is 2.19. The van der Waals surface area contributed by atoms with Crippen molar-refractivity contribution in [3.63, 3.8) is 0 Å². The summed E-state index contributed by atoms with van der Waals surface area (Å²) in [4.78, 5) is 28.4. The van der Waals surface area contributed by atoms with E-state index in [1.165, 1.54) is 6.08 Å². The SMILES string of the molecule is CNC(=O)c1ccc(/C=C/C(=O)Nc2cccc(OCc3cn4ccccc4n3)c2)cc1. The van der Waals surface area contributed by atoms with Crippen molar-refractivity contribution in [2.75, 3.05) is 12.4 Å². The predicted molar refractivity (Wildman–Crippen MR) is 123 cm³/mol. The van der Waals surface area contributed by atoms with Crippen molar-refractivity contribution < 1.29 is 14.3 Å². The van der Waals surface area contributed by atoms with E-state index in [4.69, 9.17) is 4.74 Å². The summed E-state index contributed by atoms with van der Waals surface area (Å²) in [5, 5.41) is 5.39. The minimum atomic E-state index is -0.266. The van der Waals surface area contributed by atoms with Crippen molar-refractivity contribution in [3.05, 3.63) is 102 Å². The first kappa shape index (κ1) is 20.9. The summed E-state index contributed by atoms with van der Waals surface area (Å²) in [6.45, 7) is 0.324. The van der Waals surface area contributed by atoms with Crippen molar-refractivity contribution in [1.82, 2.24) is 14.7 Å². The Bertz CT molecular complexity index is 1240. The number of nitrogens with one attached hydrogen (secondary N) is 2. The van der Waals surface area contributed by atoms with E-state index >= 15 is 0 Å². The Morgan fingerprint density at radius 1 is 1.06 bits per heavy atom. The fourth-order valence-electron chi connectivity index (χ4n) is 3.12. The first-order chi connectivity index (χ1) is 15.6. The number of fused-ring (bicyclic) bond motifs is 1. The lowest BCUT2D eigenvalue weighted by Crippen LogP contribution is -2.17. The van der Waals surface area contributed by atoms with Crippen LogP contribution in [0.2, 0.25) is 0 Å². The number of pyridine rings is 1. The van der Waals surface area contributed by atoms with Gasteiger partial charge in [0, 0.05) is 42.8 Å². The zero-order valence-corrected chi connectivity index (χ0v) is 17.5. The second-order valence-corrected chi connectivity index (χ2v) is 7.04. The highest BCUT2D eigenvalue weighted by molar-refractivity contribution is 6.02. The molecule has 32 heavy (non-hydrogen) atoms. The van der Waals surface area contributed by atoms with Gasteiger partial charge in [0.1, 0.15) is 18.0 Å². The summed E-state index contributed by atoms with van der Waals surface area (Å²) < 4.78 is 7.77. The van der Waals surface area contributed by atoms with Gasteiger partial charge in [-0.15, -0.1) is 0 Å². The second-order valence-electron chi connectivity index (χ2n) is 7.04. The van der Waals surface area contributed by atoms with Gasteiger partial charge in [0.25, 0.3) is 5.91 Å². The molecule has 2 heterocycles. The van der Waals surface area contributed by atoms with Crippen molar-refractivity contribution in [3.8, 4) is 5.75 Å². The van der Waals surface area contributed by atoms with Gasteiger partial charge < -0.3 is 19.8 Å². The minimum absolute atomic E-state index is 0.151. The maximum atomic E-state index is 12.3. The first-order valence-corrected chi connectivity index (χ1v) is 10.1. The Kier molecular flexibility index (Phi) is 6.27. The molecular weight excluding hydrogens is 404 g/mol. The third-order valence-electron chi connectivity index (χ3n) is 4.73. The van der Waals surface area contributed by atoms with Crippen LogP contribution in [0.25, 0.3) is 11.7 Å². The number of ether oxygens (including phenoxy) is 1. The molecule has 0 unspecified atom stereocenters. The van der Waals surface area contributed by atoms with Gasteiger partial charge in [-0.1, -0.05) is 24.3 Å². The molecule has 0 saturated heterocycles. The number of benzene rings is 2. The number of nitrogens with zero attached hydrogens (tertiary/aromatic N) is 2. The summed E-state index contributed by atoms with van der Waals surface area (Å²) in [6.07, 6.45) is 6.99. The van der Waals surface area contributed by atoms with Crippen LogP contribution in [0.1, 0.15) is 21.6 Å². The van der Waals surface area contributed by atoms with E-state index in [1.807, 2.05) is 47.1 Å². The predicted octanol–water partition coefficient (Wildman–Crippen LogP) is 3.92. The Morgan fingerprint density at radius 3 is 2.69 bits per heavy atom. The van der Waals surface area contributed by atoms with Crippen LogP contribution in [0.5, 0.6) is 5.75 Å². The molecule has 0 aliphatic rings. The van der Waals surface area contributed by atoms with Crippen molar-refractivity contribution >= 4 is 29.2 Å². The molecule has 0 aliphatic heterocycles. The van der Waals surface area contributed by atoms with Crippen molar-refractivity contribution in [2.24, 2.45) is 0 Å². The number of aromatic nitrogens is 2. The van der Waals surface area contributed by atoms with Gasteiger partial charge in [0.05, 0.1) is 5.69 Å². The molecule has 0 aliphatic carbocycles. The van der Waals surface area contributed by atoms with Crippen LogP contribution < -0.4 is 15.4 Å². The van der Waals surface area contributed by atoms with Gasteiger partial charge in [0.15, 0.2) is 0 Å². The van der Waals surface area contributed by atoms with Crippen molar-refractivity contribution in [1.29, 1.82) is 0 Å². The number of carbonyl (C=O) groups excluding carboxylic acids is 2. The molecule has 0 spiro atoms. The largest absolute Gasteiger partial charge is 0.487 e. The zero-order valence-electron chi connectivity index (χ0n) is 17.5. The molecule has 7 heteroatoms. The van der Waals surface area contributed by atoms with E-state index in [9.17, 15) is 9.59 Å².